The smallest absolute Gasteiger partial charge is 0.265 e. The molecule has 0 bridgehead atoms. The number of benzene rings is 1. The molecule has 2 aliphatic heterocycles. The number of fused-ring (bicyclic) bond motifs is 1. The predicted molar refractivity (Wildman–Crippen MR) is 79.2 cm³/mol. The van der Waals surface area contributed by atoms with Gasteiger partial charge in [-0.25, -0.2) is 8.42 Å². The third kappa shape index (κ3) is 2.69. The number of piperidine rings is 1. The zero-order valence-corrected chi connectivity index (χ0v) is 13.0. The van der Waals surface area contributed by atoms with E-state index in [0.717, 1.165) is 0 Å². The van der Waals surface area contributed by atoms with Crippen LogP contribution in [0.3, 0.4) is 0 Å². The molecule has 22 heavy (non-hydrogen) atoms. The van der Waals surface area contributed by atoms with Gasteiger partial charge < -0.3 is 15.2 Å². The van der Waals surface area contributed by atoms with Crippen LogP contribution in [0.1, 0.15) is 19.8 Å². The number of anilines is 1. The molecule has 120 valence electrons. The summed E-state index contributed by atoms with van der Waals surface area (Å²) in [6, 6.07) is 4.40. The van der Waals surface area contributed by atoms with Crippen LogP contribution in [-0.2, 0) is 14.8 Å². The summed E-state index contributed by atoms with van der Waals surface area (Å²) in [5, 5.41) is 12.3. The lowest BCUT2D eigenvalue weighted by Gasteiger charge is -2.30. The van der Waals surface area contributed by atoms with Gasteiger partial charge in [0.25, 0.3) is 5.91 Å². The van der Waals surface area contributed by atoms with Crippen LogP contribution in [0.4, 0.5) is 5.69 Å². The second kappa shape index (κ2) is 5.53. The number of aliphatic hydroxyl groups excluding tert-OH is 1. The lowest BCUT2D eigenvalue weighted by Crippen LogP contribution is -2.42. The van der Waals surface area contributed by atoms with Crippen LogP contribution in [0.25, 0.3) is 0 Å². The normalized spacial score (nSPS) is 26.0. The van der Waals surface area contributed by atoms with E-state index in [9.17, 15) is 18.3 Å². The minimum atomic E-state index is -3.69. The number of carbonyl (C=O) groups excluding carboxylic acids is 1. The Bertz CT molecular complexity index is 703. The Morgan fingerprint density at radius 3 is 2.91 bits per heavy atom. The summed E-state index contributed by atoms with van der Waals surface area (Å²) in [4.78, 5) is 11.7. The zero-order chi connectivity index (χ0) is 15.9. The maximum atomic E-state index is 12.6. The summed E-state index contributed by atoms with van der Waals surface area (Å²) in [5.74, 6) is 0.139. The van der Waals surface area contributed by atoms with Gasteiger partial charge in [0.2, 0.25) is 10.0 Å². The van der Waals surface area contributed by atoms with Gasteiger partial charge in [-0.1, -0.05) is 0 Å². The summed E-state index contributed by atoms with van der Waals surface area (Å²) in [6.07, 6.45) is -0.00187. The van der Waals surface area contributed by atoms with Crippen molar-refractivity contribution in [3.05, 3.63) is 18.2 Å². The van der Waals surface area contributed by atoms with Gasteiger partial charge in [0.15, 0.2) is 6.10 Å². The first-order valence-electron chi connectivity index (χ1n) is 7.18. The van der Waals surface area contributed by atoms with Crippen LogP contribution >= 0.6 is 0 Å². The highest BCUT2D eigenvalue weighted by Crippen LogP contribution is 2.33. The Hall–Kier alpha value is -1.64. The molecule has 0 spiro atoms. The lowest BCUT2D eigenvalue weighted by molar-refractivity contribution is -0.122. The molecule has 2 N–H and O–H groups in total. The van der Waals surface area contributed by atoms with Gasteiger partial charge in [-0.3, -0.25) is 4.79 Å². The summed E-state index contributed by atoms with van der Waals surface area (Å²) in [7, 11) is -3.69. The fourth-order valence-electron chi connectivity index (χ4n) is 2.64. The first kappa shape index (κ1) is 15.3. The number of nitrogens with zero attached hydrogens (tertiary/aromatic N) is 1. The average molecular weight is 326 g/mol. The van der Waals surface area contributed by atoms with Crippen molar-refractivity contribution in [2.45, 2.75) is 36.9 Å². The topological polar surface area (TPSA) is 95.9 Å². The van der Waals surface area contributed by atoms with Gasteiger partial charge in [0.05, 0.1) is 16.7 Å². The van der Waals surface area contributed by atoms with E-state index in [1.54, 1.807) is 13.0 Å². The molecule has 1 aromatic rings. The molecule has 2 atom stereocenters. The molecular formula is C14H18N2O5S. The first-order chi connectivity index (χ1) is 10.4. The lowest BCUT2D eigenvalue weighted by atomic mass is 10.1. The molecular weight excluding hydrogens is 308 g/mol. The number of ether oxygens (including phenoxy) is 1. The highest BCUT2D eigenvalue weighted by Gasteiger charge is 2.31. The second-order valence-corrected chi connectivity index (χ2v) is 7.50. The highest BCUT2D eigenvalue weighted by molar-refractivity contribution is 7.89. The highest BCUT2D eigenvalue weighted by atomic mass is 32.2. The van der Waals surface area contributed by atoms with E-state index in [1.807, 2.05) is 0 Å². The van der Waals surface area contributed by atoms with Crippen LogP contribution < -0.4 is 10.1 Å². The number of carbonyl (C=O) groups is 1. The van der Waals surface area contributed by atoms with Crippen molar-refractivity contribution in [3.8, 4) is 5.75 Å². The number of aliphatic hydroxyl groups is 1. The Kier molecular flexibility index (Phi) is 3.84. The molecule has 0 aromatic heterocycles. The molecule has 1 amide bonds. The quantitative estimate of drug-likeness (QED) is 0.827. The van der Waals surface area contributed by atoms with Crippen molar-refractivity contribution in [2.24, 2.45) is 0 Å². The number of sulfonamides is 1. The fourth-order valence-corrected chi connectivity index (χ4v) is 4.18. The Morgan fingerprint density at radius 2 is 2.18 bits per heavy atom. The standard InChI is InChI=1S/C14H18N2O5S/c1-9-14(18)15-12-7-11(4-5-13(12)21-9)22(19,20)16-6-2-3-10(17)8-16/h4-5,7,9-10,17H,2-3,6,8H2,1H3,(H,15,18)/t9-,10-/m0/s1. The molecule has 3 rings (SSSR count). The Balaban J connectivity index is 1.92. The number of hydrogen-bond donors (Lipinski definition) is 2. The van der Waals surface area contributed by atoms with Crippen molar-refractivity contribution < 1.29 is 23.1 Å². The van der Waals surface area contributed by atoms with E-state index in [2.05, 4.69) is 5.32 Å². The molecule has 8 heteroatoms. The Morgan fingerprint density at radius 1 is 1.41 bits per heavy atom. The van der Waals surface area contributed by atoms with Gasteiger partial charge in [-0.2, -0.15) is 4.31 Å². The summed E-state index contributed by atoms with van der Waals surface area (Å²) >= 11 is 0. The minimum Gasteiger partial charge on any atom is -0.479 e. The van der Waals surface area contributed by atoms with Crippen molar-refractivity contribution in [1.29, 1.82) is 0 Å². The van der Waals surface area contributed by atoms with Crippen LogP contribution in [-0.4, -0.2) is 49.0 Å². The number of β-amino-alcohol motifs (C(OH)–C–C–N with tert-alkyl or cyclic N) is 1. The van der Waals surface area contributed by atoms with Gasteiger partial charge in [-0.05, 0) is 38.0 Å². The van der Waals surface area contributed by atoms with Crippen LogP contribution in [0.2, 0.25) is 0 Å². The molecule has 0 unspecified atom stereocenters. The molecule has 1 aromatic carbocycles. The Labute approximate surface area is 128 Å². The number of rotatable bonds is 2. The van der Waals surface area contributed by atoms with E-state index < -0.39 is 22.2 Å². The molecule has 0 aliphatic carbocycles. The van der Waals surface area contributed by atoms with Crippen molar-refractivity contribution in [1.82, 2.24) is 4.31 Å². The van der Waals surface area contributed by atoms with Crippen LogP contribution in [0.15, 0.2) is 23.1 Å². The van der Waals surface area contributed by atoms with Crippen LogP contribution in [0.5, 0.6) is 5.75 Å². The maximum Gasteiger partial charge on any atom is 0.265 e. The SMILES string of the molecule is C[C@@H]1Oc2ccc(S(=O)(=O)N3CCC[C@H](O)C3)cc2NC1=O. The molecule has 2 aliphatic rings. The van der Waals surface area contributed by atoms with Crippen molar-refractivity contribution in [3.63, 3.8) is 0 Å². The minimum absolute atomic E-state index is 0.0822. The summed E-state index contributed by atoms with van der Waals surface area (Å²) < 4.78 is 31.9. The van der Waals surface area contributed by atoms with Gasteiger partial charge >= 0.3 is 0 Å². The van der Waals surface area contributed by atoms with E-state index in [1.165, 1.54) is 16.4 Å². The van der Waals surface area contributed by atoms with Crippen molar-refractivity contribution in [2.75, 3.05) is 18.4 Å². The fraction of sp³-hybridized carbons (Fsp3) is 0.500. The summed E-state index contributed by atoms with van der Waals surface area (Å²) in [5.41, 5.74) is 0.349. The first-order valence-corrected chi connectivity index (χ1v) is 8.62. The van der Waals surface area contributed by atoms with Gasteiger partial charge in [0.1, 0.15) is 5.75 Å². The number of nitrogens with one attached hydrogen (secondary N) is 1. The third-order valence-electron chi connectivity index (χ3n) is 3.88. The zero-order valence-electron chi connectivity index (χ0n) is 12.2. The molecule has 7 nitrogen and oxygen atoms in total. The average Bonchev–Trinajstić information content (AvgIpc) is 2.48. The van der Waals surface area contributed by atoms with Crippen molar-refractivity contribution >= 4 is 21.6 Å². The van der Waals surface area contributed by atoms with E-state index >= 15 is 0 Å². The van der Waals surface area contributed by atoms with E-state index in [4.69, 9.17) is 4.74 Å². The van der Waals surface area contributed by atoms with Gasteiger partial charge in [0, 0.05) is 13.1 Å². The monoisotopic (exact) mass is 326 g/mol. The molecule has 1 fully saturated rings. The molecule has 2 heterocycles. The predicted octanol–water partition coefficient (Wildman–Crippen LogP) is 0.551. The third-order valence-corrected chi connectivity index (χ3v) is 5.74. The largest absolute Gasteiger partial charge is 0.479 e. The van der Waals surface area contributed by atoms with Crippen LogP contribution in [0, 0.1) is 0 Å². The number of amides is 1. The van der Waals surface area contributed by atoms with E-state index in [0.29, 0.717) is 30.8 Å². The number of hydrogen-bond acceptors (Lipinski definition) is 5. The van der Waals surface area contributed by atoms with E-state index in [-0.39, 0.29) is 17.3 Å². The molecule has 0 saturated carbocycles. The second-order valence-electron chi connectivity index (χ2n) is 5.57. The van der Waals surface area contributed by atoms with Gasteiger partial charge in [-0.15, -0.1) is 0 Å². The maximum absolute atomic E-state index is 12.6. The molecule has 1 saturated heterocycles. The molecule has 0 radical (unpaired) electrons. The summed E-state index contributed by atoms with van der Waals surface area (Å²) in [6.45, 7) is 2.10.